The molecule has 2 heterocycles. The SMILES string of the molecule is CN=C(NCc1cc(C(C)C)no1)NCC1CCCN(C)C1c1cccc(Cl)c1.I. The molecule has 0 saturated carbocycles. The highest BCUT2D eigenvalue weighted by atomic mass is 127. The van der Waals surface area contributed by atoms with Gasteiger partial charge in [-0.15, -0.1) is 24.0 Å². The molecule has 166 valence electrons. The third kappa shape index (κ3) is 6.59. The Morgan fingerprint density at radius 2 is 2.13 bits per heavy atom. The number of nitrogens with zero attached hydrogens (tertiary/aromatic N) is 3. The number of piperidine rings is 1. The van der Waals surface area contributed by atoms with Crippen molar-refractivity contribution in [3.63, 3.8) is 0 Å². The molecule has 2 atom stereocenters. The number of likely N-dealkylation sites (tertiary alicyclic amines) is 1. The van der Waals surface area contributed by atoms with Gasteiger partial charge in [-0.25, -0.2) is 0 Å². The number of halogens is 2. The van der Waals surface area contributed by atoms with E-state index in [1.807, 2.05) is 18.2 Å². The van der Waals surface area contributed by atoms with Crippen LogP contribution in [0.15, 0.2) is 39.8 Å². The summed E-state index contributed by atoms with van der Waals surface area (Å²) in [6.45, 7) is 6.71. The van der Waals surface area contributed by atoms with Crippen molar-refractivity contribution in [3.8, 4) is 0 Å². The molecular formula is C22H33ClIN5O. The van der Waals surface area contributed by atoms with Crippen LogP contribution in [0.25, 0.3) is 0 Å². The van der Waals surface area contributed by atoms with Crippen molar-refractivity contribution < 1.29 is 4.52 Å². The summed E-state index contributed by atoms with van der Waals surface area (Å²) >= 11 is 6.25. The summed E-state index contributed by atoms with van der Waals surface area (Å²) in [4.78, 5) is 6.79. The predicted molar refractivity (Wildman–Crippen MR) is 134 cm³/mol. The Bertz CT molecular complexity index is 825. The van der Waals surface area contributed by atoms with E-state index in [4.69, 9.17) is 16.1 Å². The van der Waals surface area contributed by atoms with Gasteiger partial charge in [0.05, 0.1) is 12.2 Å². The van der Waals surface area contributed by atoms with Crippen LogP contribution in [0.1, 0.15) is 55.7 Å². The first-order valence-electron chi connectivity index (χ1n) is 10.3. The van der Waals surface area contributed by atoms with Gasteiger partial charge in [0.1, 0.15) is 0 Å². The molecule has 2 N–H and O–H groups in total. The van der Waals surface area contributed by atoms with Gasteiger partial charge in [0.25, 0.3) is 0 Å². The molecule has 1 aromatic heterocycles. The van der Waals surface area contributed by atoms with Crippen LogP contribution < -0.4 is 10.6 Å². The summed E-state index contributed by atoms with van der Waals surface area (Å²) < 4.78 is 5.40. The first kappa shape index (κ1) is 24.9. The fourth-order valence-corrected chi connectivity index (χ4v) is 4.19. The van der Waals surface area contributed by atoms with Gasteiger partial charge in [0.15, 0.2) is 11.7 Å². The Morgan fingerprint density at radius 3 is 2.80 bits per heavy atom. The lowest BCUT2D eigenvalue weighted by atomic mass is 9.85. The van der Waals surface area contributed by atoms with Gasteiger partial charge >= 0.3 is 0 Å². The van der Waals surface area contributed by atoms with Gasteiger partial charge in [-0.2, -0.15) is 0 Å². The number of aromatic nitrogens is 1. The highest BCUT2D eigenvalue weighted by Gasteiger charge is 2.30. The molecule has 0 radical (unpaired) electrons. The summed E-state index contributed by atoms with van der Waals surface area (Å²) in [5, 5.41) is 11.7. The van der Waals surface area contributed by atoms with Crippen molar-refractivity contribution in [2.75, 3.05) is 27.2 Å². The van der Waals surface area contributed by atoms with E-state index in [0.717, 1.165) is 35.5 Å². The van der Waals surface area contributed by atoms with E-state index in [-0.39, 0.29) is 24.0 Å². The summed E-state index contributed by atoms with van der Waals surface area (Å²) in [5.41, 5.74) is 2.25. The van der Waals surface area contributed by atoms with Crippen LogP contribution in [0, 0.1) is 5.92 Å². The maximum atomic E-state index is 6.25. The minimum Gasteiger partial charge on any atom is -0.359 e. The number of hydrogen-bond acceptors (Lipinski definition) is 4. The van der Waals surface area contributed by atoms with Crippen molar-refractivity contribution in [1.82, 2.24) is 20.7 Å². The maximum absolute atomic E-state index is 6.25. The third-order valence-corrected chi connectivity index (χ3v) is 5.79. The third-order valence-electron chi connectivity index (χ3n) is 5.55. The average molecular weight is 546 g/mol. The molecule has 8 heteroatoms. The lowest BCUT2D eigenvalue weighted by Crippen LogP contribution is -2.44. The topological polar surface area (TPSA) is 65.7 Å². The zero-order valence-corrected chi connectivity index (χ0v) is 21.3. The number of rotatable bonds is 6. The summed E-state index contributed by atoms with van der Waals surface area (Å²) in [7, 11) is 3.98. The molecule has 3 rings (SSSR count). The van der Waals surface area contributed by atoms with Crippen molar-refractivity contribution in [2.24, 2.45) is 10.9 Å². The van der Waals surface area contributed by atoms with Crippen molar-refractivity contribution in [2.45, 2.75) is 45.2 Å². The molecule has 2 aromatic rings. The number of hydrogen-bond donors (Lipinski definition) is 2. The van der Waals surface area contributed by atoms with Crippen molar-refractivity contribution in [1.29, 1.82) is 0 Å². The molecule has 1 aromatic carbocycles. The molecule has 1 aliphatic heterocycles. The largest absolute Gasteiger partial charge is 0.359 e. The summed E-state index contributed by atoms with van der Waals surface area (Å²) in [6.07, 6.45) is 2.37. The van der Waals surface area contributed by atoms with Crippen molar-refractivity contribution >= 4 is 41.5 Å². The summed E-state index contributed by atoms with van der Waals surface area (Å²) in [6, 6.07) is 10.6. The molecule has 0 bridgehead atoms. The smallest absolute Gasteiger partial charge is 0.191 e. The second-order valence-electron chi connectivity index (χ2n) is 8.06. The lowest BCUT2D eigenvalue weighted by Gasteiger charge is -2.40. The van der Waals surface area contributed by atoms with Gasteiger partial charge in [0.2, 0.25) is 0 Å². The van der Waals surface area contributed by atoms with Crippen molar-refractivity contribution in [3.05, 3.63) is 52.4 Å². The Balaban J connectivity index is 0.00000320. The molecule has 6 nitrogen and oxygen atoms in total. The molecule has 1 saturated heterocycles. The van der Waals surface area contributed by atoms with Crippen LogP contribution in [0.4, 0.5) is 0 Å². The van der Waals surface area contributed by atoms with Crippen LogP contribution in [0.3, 0.4) is 0 Å². The van der Waals surface area contributed by atoms with Crippen LogP contribution in [-0.4, -0.2) is 43.2 Å². The minimum absolute atomic E-state index is 0. The minimum atomic E-state index is 0. The highest BCUT2D eigenvalue weighted by Crippen LogP contribution is 2.35. The predicted octanol–water partition coefficient (Wildman–Crippen LogP) is 4.82. The van der Waals surface area contributed by atoms with E-state index < -0.39 is 0 Å². The zero-order valence-electron chi connectivity index (χ0n) is 18.2. The van der Waals surface area contributed by atoms with Crippen LogP contribution in [-0.2, 0) is 6.54 Å². The van der Waals surface area contributed by atoms with E-state index in [1.165, 1.54) is 18.4 Å². The van der Waals surface area contributed by atoms with E-state index in [2.05, 4.69) is 58.7 Å². The Kier molecular flexibility index (Phi) is 9.90. The van der Waals surface area contributed by atoms with Gasteiger partial charge in [-0.3, -0.25) is 9.89 Å². The Morgan fingerprint density at radius 1 is 1.33 bits per heavy atom. The van der Waals surface area contributed by atoms with E-state index >= 15 is 0 Å². The van der Waals surface area contributed by atoms with Crippen LogP contribution in [0.5, 0.6) is 0 Å². The molecule has 0 amide bonds. The number of nitrogens with one attached hydrogen (secondary N) is 2. The number of aliphatic imine (C=N–C) groups is 1. The molecule has 1 aliphatic rings. The van der Waals surface area contributed by atoms with E-state index in [9.17, 15) is 0 Å². The normalized spacial score (nSPS) is 20.1. The zero-order chi connectivity index (χ0) is 20.8. The average Bonchev–Trinajstić information content (AvgIpc) is 3.17. The molecule has 30 heavy (non-hydrogen) atoms. The first-order valence-corrected chi connectivity index (χ1v) is 10.7. The highest BCUT2D eigenvalue weighted by molar-refractivity contribution is 14.0. The van der Waals surface area contributed by atoms with E-state index in [0.29, 0.717) is 24.4 Å². The maximum Gasteiger partial charge on any atom is 0.191 e. The summed E-state index contributed by atoms with van der Waals surface area (Å²) in [5.74, 6) is 2.41. The standard InChI is InChI=1S/C22H32ClN5O.HI/c1-15(2)20-12-19(29-27-20)14-26-22(24-3)25-13-17-8-6-10-28(4)21(17)16-7-5-9-18(23)11-16;/h5,7,9,11-12,15,17,21H,6,8,10,13-14H2,1-4H3,(H2,24,25,26);1H. The Labute approximate surface area is 201 Å². The fourth-order valence-electron chi connectivity index (χ4n) is 3.99. The van der Waals surface area contributed by atoms with E-state index in [1.54, 1.807) is 7.05 Å². The quantitative estimate of drug-likeness (QED) is 0.310. The molecule has 0 spiro atoms. The molecule has 0 aliphatic carbocycles. The number of guanidine groups is 1. The van der Waals surface area contributed by atoms with Gasteiger partial charge < -0.3 is 15.2 Å². The van der Waals surface area contributed by atoms with Crippen LogP contribution in [0.2, 0.25) is 5.02 Å². The monoisotopic (exact) mass is 545 g/mol. The van der Waals surface area contributed by atoms with Gasteiger partial charge in [-0.1, -0.05) is 42.7 Å². The first-order chi connectivity index (χ1) is 14.0. The molecule has 2 unspecified atom stereocenters. The van der Waals surface area contributed by atoms with Crippen LogP contribution >= 0.6 is 35.6 Å². The second-order valence-corrected chi connectivity index (χ2v) is 8.50. The molecule has 1 fully saturated rings. The second kappa shape index (κ2) is 11.9. The van der Waals surface area contributed by atoms with Gasteiger partial charge in [-0.05, 0) is 56.0 Å². The molecular weight excluding hydrogens is 513 g/mol. The lowest BCUT2D eigenvalue weighted by molar-refractivity contribution is 0.122. The number of benzene rings is 1. The fraction of sp³-hybridized carbons (Fsp3) is 0.545. The van der Waals surface area contributed by atoms with Gasteiger partial charge in [0, 0.05) is 30.7 Å². The Hall–Kier alpha value is -1.32.